The molecule has 0 radical (unpaired) electrons. The monoisotopic (exact) mass is 375 g/mol. The zero-order chi connectivity index (χ0) is 19.8. The highest BCUT2D eigenvalue weighted by Crippen LogP contribution is 2.17. The van der Waals surface area contributed by atoms with E-state index in [1.165, 1.54) is 5.56 Å². The van der Waals surface area contributed by atoms with Gasteiger partial charge in [0, 0.05) is 18.4 Å². The zero-order valence-corrected chi connectivity index (χ0v) is 16.2. The average Bonchev–Trinajstić information content (AvgIpc) is 2.74. The van der Waals surface area contributed by atoms with Crippen molar-refractivity contribution >= 4 is 17.4 Å². The van der Waals surface area contributed by atoms with Crippen LogP contribution in [0.5, 0.6) is 5.75 Å². The van der Waals surface area contributed by atoms with Crippen LogP contribution in [0.25, 0.3) is 0 Å². The maximum absolute atomic E-state index is 12.5. The number of carbonyl (C=O) groups excluding carboxylic acids is 1. The lowest BCUT2D eigenvalue weighted by Crippen LogP contribution is -2.14. The number of ether oxygens (including phenoxy) is 1. The molecule has 0 aliphatic carbocycles. The number of hydrogen-bond donors (Lipinski definition) is 2. The van der Waals surface area contributed by atoms with Crippen LogP contribution < -0.4 is 15.4 Å². The van der Waals surface area contributed by atoms with E-state index in [4.69, 9.17) is 4.74 Å². The van der Waals surface area contributed by atoms with Crippen LogP contribution in [0.4, 0.5) is 11.5 Å². The number of anilines is 2. The van der Waals surface area contributed by atoms with Crippen LogP contribution in [0.2, 0.25) is 0 Å². The Kier molecular flexibility index (Phi) is 6.63. The van der Waals surface area contributed by atoms with E-state index in [0.29, 0.717) is 5.56 Å². The third kappa shape index (κ3) is 5.10. The first-order valence-electron chi connectivity index (χ1n) is 9.41. The summed E-state index contributed by atoms with van der Waals surface area (Å²) in [4.78, 5) is 16.8. The number of aromatic nitrogens is 1. The van der Waals surface area contributed by atoms with Gasteiger partial charge in [0.25, 0.3) is 5.91 Å². The molecule has 144 valence electrons. The first-order chi connectivity index (χ1) is 13.7. The van der Waals surface area contributed by atoms with Crippen LogP contribution in [-0.2, 0) is 12.8 Å². The zero-order valence-electron chi connectivity index (χ0n) is 16.2. The van der Waals surface area contributed by atoms with Gasteiger partial charge < -0.3 is 15.4 Å². The van der Waals surface area contributed by atoms with E-state index in [2.05, 4.69) is 28.6 Å². The Labute approximate surface area is 165 Å². The number of hydrogen-bond acceptors (Lipinski definition) is 4. The molecule has 0 aliphatic heterocycles. The molecule has 1 amide bonds. The summed E-state index contributed by atoms with van der Waals surface area (Å²) >= 11 is 0. The number of amides is 1. The number of benzene rings is 2. The summed E-state index contributed by atoms with van der Waals surface area (Å²) in [6, 6.07) is 19.4. The van der Waals surface area contributed by atoms with Crippen LogP contribution in [0.3, 0.4) is 0 Å². The van der Waals surface area contributed by atoms with Gasteiger partial charge in [-0.15, -0.1) is 0 Å². The Balaban J connectivity index is 1.54. The van der Waals surface area contributed by atoms with Crippen molar-refractivity contribution in [2.24, 2.45) is 0 Å². The summed E-state index contributed by atoms with van der Waals surface area (Å²) in [5, 5.41) is 6.24. The topological polar surface area (TPSA) is 63.2 Å². The molecular formula is C23H25N3O2. The molecule has 5 nitrogen and oxygen atoms in total. The van der Waals surface area contributed by atoms with E-state index in [0.717, 1.165) is 42.2 Å². The van der Waals surface area contributed by atoms with Crippen molar-refractivity contribution in [3.63, 3.8) is 0 Å². The largest absolute Gasteiger partial charge is 0.497 e. The quantitative estimate of drug-likeness (QED) is 0.606. The van der Waals surface area contributed by atoms with Gasteiger partial charge in [0.2, 0.25) is 0 Å². The molecular weight excluding hydrogens is 350 g/mol. The van der Waals surface area contributed by atoms with Crippen LogP contribution in [0, 0.1) is 0 Å². The highest BCUT2D eigenvalue weighted by atomic mass is 16.5. The lowest BCUT2D eigenvalue weighted by Gasteiger charge is -2.10. The Morgan fingerprint density at radius 3 is 2.68 bits per heavy atom. The summed E-state index contributed by atoms with van der Waals surface area (Å²) in [7, 11) is 1.67. The number of rotatable bonds is 8. The van der Waals surface area contributed by atoms with Crippen molar-refractivity contribution in [2.75, 3.05) is 24.3 Å². The number of pyridine rings is 1. The molecule has 2 N–H and O–H groups in total. The minimum Gasteiger partial charge on any atom is -0.497 e. The number of carbonyl (C=O) groups is 1. The molecule has 0 spiro atoms. The molecule has 0 fully saturated rings. The van der Waals surface area contributed by atoms with Crippen LogP contribution in [0.15, 0.2) is 66.9 Å². The molecule has 3 rings (SSSR count). The first-order valence-corrected chi connectivity index (χ1v) is 9.41. The van der Waals surface area contributed by atoms with Crippen molar-refractivity contribution in [1.82, 2.24) is 4.98 Å². The molecule has 1 heterocycles. The fourth-order valence-electron chi connectivity index (χ4n) is 2.94. The van der Waals surface area contributed by atoms with E-state index in [-0.39, 0.29) is 5.91 Å². The molecule has 0 saturated heterocycles. The van der Waals surface area contributed by atoms with Crippen molar-refractivity contribution in [3.05, 3.63) is 83.6 Å². The lowest BCUT2D eigenvalue weighted by atomic mass is 10.1. The molecule has 0 aliphatic rings. The van der Waals surface area contributed by atoms with Gasteiger partial charge in [0.05, 0.1) is 12.7 Å². The molecule has 0 saturated carbocycles. The smallest absolute Gasteiger partial charge is 0.257 e. The number of para-hydroxylation sites is 1. The average molecular weight is 375 g/mol. The van der Waals surface area contributed by atoms with Crippen molar-refractivity contribution in [2.45, 2.75) is 19.8 Å². The number of methoxy groups -OCH3 is 1. The lowest BCUT2D eigenvalue weighted by molar-refractivity contribution is 0.102. The molecule has 0 atom stereocenters. The van der Waals surface area contributed by atoms with E-state index >= 15 is 0 Å². The second kappa shape index (κ2) is 9.55. The Bertz CT molecular complexity index is 923. The van der Waals surface area contributed by atoms with Gasteiger partial charge in [-0.1, -0.05) is 37.3 Å². The van der Waals surface area contributed by atoms with E-state index in [9.17, 15) is 4.79 Å². The van der Waals surface area contributed by atoms with Gasteiger partial charge in [-0.25, -0.2) is 4.98 Å². The third-order valence-electron chi connectivity index (χ3n) is 4.53. The molecule has 3 aromatic rings. The van der Waals surface area contributed by atoms with E-state index in [1.54, 1.807) is 19.4 Å². The van der Waals surface area contributed by atoms with Gasteiger partial charge in [-0.3, -0.25) is 4.79 Å². The number of nitrogens with one attached hydrogen (secondary N) is 2. The van der Waals surface area contributed by atoms with Crippen LogP contribution in [-0.4, -0.2) is 24.5 Å². The minimum absolute atomic E-state index is 0.156. The molecule has 28 heavy (non-hydrogen) atoms. The number of aryl methyl sites for hydroxylation is 1. The highest BCUT2D eigenvalue weighted by Gasteiger charge is 2.09. The molecule has 0 unspecified atom stereocenters. The predicted octanol–water partition coefficient (Wildman–Crippen LogP) is 4.56. The maximum Gasteiger partial charge on any atom is 0.257 e. The summed E-state index contributed by atoms with van der Waals surface area (Å²) < 4.78 is 5.24. The number of nitrogens with zero attached hydrogens (tertiary/aromatic N) is 1. The van der Waals surface area contributed by atoms with Gasteiger partial charge in [-0.2, -0.15) is 0 Å². The van der Waals surface area contributed by atoms with E-state index in [1.807, 2.05) is 48.5 Å². The van der Waals surface area contributed by atoms with Crippen LogP contribution >= 0.6 is 0 Å². The third-order valence-corrected chi connectivity index (χ3v) is 4.53. The molecule has 1 aromatic heterocycles. The van der Waals surface area contributed by atoms with Crippen molar-refractivity contribution in [1.29, 1.82) is 0 Å². The molecule has 2 aromatic carbocycles. The fraction of sp³-hybridized carbons (Fsp3) is 0.217. The summed E-state index contributed by atoms with van der Waals surface area (Å²) in [6.45, 7) is 2.81. The second-order valence-corrected chi connectivity index (χ2v) is 6.43. The van der Waals surface area contributed by atoms with Gasteiger partial charge in [0.1, 0.15) is 11.6 Å². The van der Waals surface area contributed by atoms with Gasteiger partial charge >= 0.3 is 0 Å². The predicted molar refractivity (Wildman–Crippen MR) is 113 cm³/mol. The summed E-state index contributed by atoms with van der Waals surface area (Å²) in [6.07, 6.45) is 3.32. The first kappa shape index (κ1) is 19.4. The summed E-state index contributed by atoms with van der Waals surface area (Å²) in [5.74, 6) is 1.44. The standard InChI is InChI=1S/C23H25N3O2/c1-3-18-8-4-5-10-21(18)26-23(27)19-11-12-22(25-16-19)24-14-13-17-7-6-9-20(15-17)28-2/h4-12,15-16H,3,13-14H2,1-2H3,(H,24,25)(H,26,27). The molecule has 5 heteroatoms. The van der Waals surface area contributed by atoms with Crippen molar-refractivity contribution in [3.8, 4) is 5.75 Å². The van der Waals surface area contributed by atoms with Gasteiger partial charge in [-0.05, 0) is 54.3 Å². The fourth-order valence-corrected chi connectivity index (χ4v) is 2.94. The minimum atomic E-state index is -0.156. The van der Waals surface area contributed by atoms with E-state index < -0.39 is 0 Å². The Morgan fingerprint density at radius 1 is 1.07 bits per heavy atom. The van der Waals surface area contributed by atoms with Crippen LogP contribution in [0.1, 0.15) is 28.4 Å². The molecule has 0 bridgehead atoms. The maximum atomic E-state index is 12.5. The highest BCUT2D eigenvalue weighted by molar-refractivity contribution is 6.04. The SMILES string of the molecule is CCc1ccccc1NC(=O)c1ccc(NCCc2cccc(OC)c2)nc1. The Hall–Kier alpha value is -3.34. The van der Waals surface area contributed by atoms with Gasteiger partial charge in [0.15, 0.2) is 0 Å². The Morgan fingerprint density at radius 2 is 1.93 bits per heavy atom. The summed E-state index contributed by atoms with van der Waals surface area (Å²) in [5.41, 5.74) is 3.68. The van der Waals surface area contributed by atoms with Crippen molar-refractivity contribution < 1.29 is 9.53 Å². The normalized spacial score (nSPS) is 10.4. The second-order valence-electron chi connectivity index (χ2n) is 6.43.